The van der Waals surface area contributed by atoms with Crippen LogP contribution >= 0.6 is 22.6 Å². The van der Waals surface area contributed by atoms with Crippen LogP contribution in [0.5, 0.6) is 0 Å². The van der Waals surface area contributed by atoms with Crippen LogP contribution < -0.4 is 5.32 Å². The molecule has 0 aromatic carbocycles. The minimum absolute atomic E-state index is 0.0408. The SMILES string of the molecule is CC(C)(I)C(=O)NC1CC(C)(C)N([O])C(C)(C)C1. The second-order valence-electron chi connectivity index (χ2n) is 6.97. The van der Waals surface area contributed by atoms with Gasteiger partial charge in [-0.05, 0) is 54.4 Å². The van der Waals surface area contributed by atoms with E-state index in [-0.39, 0.29) is 11.9 Å². The number of hydroxylamine groups is 2. The topological polar surface area (TPSA) is 52.2 Å². The Morgan fingerprint density at radius 1 is 1.22 bits per heavy atom. The third-order valence-electron chi connectivity index (χ3n) is 3.47. The summed E-state index contributed by atoms with van der Waals surface area (Å²) < 4.78 is -0.416. The molecule has 0 unspecified atom stereocenters. The molecule has 1 fully saturated rings. The predicted octanol–water partition coefficient (Wildman–Crippen LogP) is 2.68. The van der Waals surface area contributed by atoms with Gasteiger partial charge in [-0.25, -0.2) is 0 Å². The number of carbonyl (C=O) groups excluding carboxylic acids is 1. The van der Waals surface area contributed by atoms with E-state index in [2.05, 4.69) is 27.9 Å². The fraction of sp³-hybridized carbons (Fsp3) is 0.923. The Labute approximate surface area is 124 Å². The van der Waals surface area contributed by atoms with E-state index in [0.717, 1.165) is 0 Å². The van der Waals surface area contributed by atoms with Gasteiger partial charge >= 0.3 is 0 Å². The number of halogens is 1. The maximum Gasteiger partial charge on any atom is 0.235 e. The van der Waals surface area contributed by atoms with Crippen molar-refractivity contribution in [3.05, 3.63) is 0 Å². The average molecular weight is 367 g/mol. The van der Waals surface area contributed by atoms with Gasteiger partial charge in [0.2, 0.25) is 5.91 Å². The number of hydrogen-bond acceptors (Lipinski definition) is 2. The maximum atomic E-state index is 12.2. The highest BCUT2D eigenvalue weighted by Gasteiger charge is 2.46. The number of piperidine rings is 1. The quantitative estimate of drug-likeness (QED) is 0.603. The first-order chi connectivity index (χ1) is 7.86. The average Bonchev–Trinajstić information content (AvgIpc) is 2.11. The first-order valence-electron chi connectivity index (χ1n) is 6.34. The van der Waals surface area contributed by atoms with E-state index in [1.165, 1.54) is 5.06 Å². The zero-order chi connectivity index (χ0) is 14.4. The van der Waals surface area contributed by atoms with Crippen LogP contribution in [0.3, 0.4) is 0 Å². The van der Waals surface area contributed by atoms with E-state index in [4.69, 9.17) is 0 Å². The summed E-state index contributed by atoms with van der Waals surface area (Å²) in [5.74, 6) is 0.0408. The Hall–Kier alpha value is 0.120. The summed E-state index contributed by atoms with van der Waals surface area (Å²) in [5, 5.41) is 16.5. The summed E-state index contributed by atoms with van der Waals surface area (Å²) >= 11 is 2.14. The van der Waals surface area contributed by atoms with Gasteiger partial charge in [-0.1, -0.05) is 22.6 Å². The molecule has 1 aliphatic heterocycles. The van der Waals surface area contributed by atoms with Crippen molar-refractivity contribution in [2.45, 2.75) is 74.9 Å². The van der Waals surface area contributed by atoms with Crippen LogP contribution in [0.15, 0.2) is 0 Å². The summed E-state index contributed by atoms with van der Waals surface area (Å²) in [5.41, 5.74) is -0.871. The lowest BCUT2D eigenvalue weighted by Crippen LogP contribution is -2.63. The van der Waals surface area contributed by atoms with Crippen molar-refractivity contribution in [2.24, 2.45) is 0 Å². The number of nitrogens with one attached hydrogen (secondary N) is 1. The molecule has 1 radical (unpaired) electrons. The van der Waals surface area contributed by atoms with Gasteiger partial charge in [0.15, 0.2) is 0 Å². The summed E-state index contributed by atoms with van der Waals surface area (Å²) in [6.07, 6.45) is 1.39. The number of amides is 1. The third kappa shape index (κ3) is 3.57. The molecule has 0 aromatic heterocycles. The van der Waals surface area contributed by atoms with Crippen LogP contribution in [0.1, 0.15) is 54.4 Å². The first kappa shape index (κ1) is 16.2. The lowest BCUT2D eigenvalue weighted by Gasteiger charge is -2.50. The molecule has 4 nitrogen and oxygen atoms in total. The molecule has 0 saturated carbocycles. The zero-order valence-corrected chi connectivity index (χ0v) is 14.3. The molecule has 0 aromatic rings. The van der Waals surface area contributed by atoms with Gasteiger partial charge in [0.1, 0.15) is 0 Å². The van der Waals surface area contributed by atoms with E-state index in [1.807, 2.05) is 41.5 Å². The van der Waals surface area contributed by atoms with Crippen molar-refractivity contribution in [1.29, 1.82) is 0 Å². The van der Waals surface area contributed by atoms with Crippen LogP contribution in [0.4, 0.5) is 0 Å². The highest BCUT2D eigenvalue weighted by Crippen LogP contribution is 2.37. The Balaban J connectivity index is 2.79. The van der Waals surface area contributed by atoms with Crippen LogP contribution in [0.25, 0.3) is 0 Å². The monoisotopic (exact) mass is 367 g/mol. The number of nitrogens with zero attached hydrogens (tertiary/aromatic N) is 1. The number of carbonyl (C=O) groups is 1. The van der Waals surface area contributed by atoms with Crippen LogP contribution in [-0.2, 0) is 10.0 Å². The van der Waals surface area contributed by atoms with Crippen molar-refractivity contribution in [1.82, 2.24) is 10.4 Å². The molecule has 1 rings (SSSR count). The molecule has 1 heterocycles. The maximum absolute atomic E-state index is 12.2. The molecule has 1 saturated heterocycles. The Kier molecular flexibility index (Phi) is 4.41. The summed E-state index contributed by atoms with van der Waals surface area (Å²) in [4.78, 5) is 12.0. The molecule has 105 valence electrons. The Bertz CT molecular complexity index is 316. The van der Waals surface area contributed by atoms with E-state index >= 15 is 0 Å². The van der Waals surface area contributed by atoms with Crippen molar-refractivity contribution < 1.29 is 10.0 Å². The molecule has 0 spiro atoms. The first-order valence-corrected chi connectivity index (χ1v) is 7.41. The minimum atomic E-state index is -0.435. The van der Waals surface area contributed by atoms with Crippen molar-refractivity contribution in [3.8, 4) is 0 Å². The second kappa shape index (κ2) is 4.90. The van der Waals surface area contributed by atoms with Gasteiger partial charge in [0.05, 0.1) is 3.42 Å². The van der Waals surface area contributed by atoms with E-state index in [9.17, 15) is 10.0 Å². The lowest BCUT2D eigenvalue weighted by molar-refractivity contribution is -0.290. The molecule has 1 aliphatic rings. The second-order valence-corrected chi connectivity index (χ2v) is 9.67. The normalized spacial score (nSPS) is 24.9. The van der Waals surface area contributed by atoms with Crippen molar-refractivity contribution in [2.75, 3.05) is 0 Å². The highest BCUT2D eigenvalue weighted by molar-refractivity contribution is 14.1. The minimum Gasteiger partial charge on any atom is -0.352 e. The number of rotatable bonds is 2. The van der Waals surface area contributed by atoms with Crippen LogP contribution in [0.2, 0.25) is 0 Å². The molecular weight excluding hydrogens is 343 g/mol. The summed E-state index contributed by atoms with van der Waals surface area (Å²) in [6, 6.07) is 0.0711. The molecule has 0 bridgehead atoms. The van der Waals surface area contributed by atoms with Crippen LogP contribution in [-0.4, -0.2) is 31.5 Å². The molecule has 5 heteroatoms. The molecule has 18 heavy (non-hydrogen) atoms. The third-order valence-corrected chi connectivity index (χ3v) is 3.96. The fourth-order valence-corrected chi connectivity index (χ4v) is 2.88. The summed E-state index contributed by atoms with van der Waals surface area (Å²) in [7, 11) is 0. The highest BCUT2D eigenvalue weighted by atomic mass is 127. The lowest BCUT2D eigenvalue weighted by atomic mass is 9.79. The summed E-state index contributed by atoms with van der Waals surface area (Å²) in [6.45, 7) is 11.5. The fourth-order valence-electron chi connectivity index (χ4n) is 2.72. The van der Waals surface area contributed by atoms with E-state index < -0.39 is 14.5 Å². The molecule has 0 atom stereocenters. The van der Waals surface area contributed by atoms with Crippen molar-refractivity contribution in [3.63, 3.8) is 0 Å². The van der Waals surface area contributed by atoms with E-state index in [0.29, 0.717) is 12.8 Å². The Morgan fingerprint density at radius 2 is 1.61 bits per heavy atom. The van der Waals surface area contributed by atoms with Gasteiger partial charge < -0.3 is 5.32 Å². The molecular formula is C13H24IN2O2. The van der Waals surface area contributed by atoms with Crippen molar-refractivity contribution >= 4 is 28.5 Å². The smallest absolute Gasteiger partial charge is 0.235 e. The standard InChI is InChI=1S/C13H24IN2O2/c1-11(2)7-9(8-12(3,4)16(11)18)15-10(17)13(5,6)14/h9H,7-8H2,1-6H3,(H,15,17). The molecule has 1 N–H and O–H groups in total. The van der Waals surface area contributed by atoms with Gasteiger partial charge in [-0.2, -0.15) is 0 Å². The largest absolute Gasteiger partial charge is 0.352 e. The number of hydrogen-bond donors (Lipinski definition) is 1. The zero-order valence-electron chi connectivity index (χ0n) is 12.1. The van der Waals surface area contributed by atoms with Gasteiger partial charge in [0.25, 0.3) is 0 Å². The predicted molar refractivity (Wildman–Crippen MR) is 79.9 cm³/mol. The van der Waals surface area contributed by atoms with Gasteiger partial charge in [-0.3, -0.25) is 4.79 Å². The molecule has 0 aliphatic carbocycles. The van der Waals surface area contributed by atoms with E-state index in [1.54, 1.807) is 0 Å². The Morgan fingerprint density at radius 3 is 1.94 bits per heavy atom. The van der Waals surface area contributed by atoms with Gasteiger partial charge in [0, 0.05) is 17.1 Å². The van der Waals surface area contributed by atoms with Gasteiger partial charge in [-0.15, -0.1) is 10.3 Å². The van der Waals surface area contributed by atoms with Crippen LogP contribution in [0, 0.1) is 0 Å². The molecule has 1 amide bonds. The number of alkyl halides is 1.